The van der Waals surface area contributed by atoms with Crippen LogP contribution in [0.15, 0.2) is 48.9 Å². The fraction of sp³-hybridized carbons (Fsp3) is 0.531. The van der Waals surface area contributed by atoms with E-state index in [-0.39, 0.29) is 23.7 Å². The zero-order valence-electron chi connectivity index (χ0n) is 26.1. The molecule has 0 spiro atoms. The van der Waals surface area contributed by atoms with Crippen LogP contribution < -0.4 is 16.7 Å². The Morgan fingerprint density at radius 1 is 1.02 bits per heavy atom. The van der Waals surface area contributed by atoms with Gasteiger partial charge in [-0.15, -0.1) is 0 Å². The van der Waals surface area contributed by atoms with E-state index in [1.54, 1.807) is 20.8 Å². The number of aromatic amines is 1. The van der Waals surface area contributed by atoms with Crippen LogP contribution in [-0.4, -0.2) is 106 Å². The second kappa shape index (κ2) is 14.6. The molecule has 1 aromatic carbocycles. The van der Waals surface area contributed by atoms with Crippen molar-refractivity contribution in [1.29, 1.82) is 0 Å². The van der Waals surface area contributed by atoms with E-state index < -0.39 is 6.04 Å². The predicted octanol–water partition coefficient (Wildman–Crippen LogP) is 4.56. The van der Waals surface area contributed by atoms with Gasteiger partial charge in [0.1, 0.15) is 6.04 Å². The molecule has 3 saturated heterocycles. The minimum absolute atomic E-state index is 0.00148. The number of halogens is 2. The Morgan fingerprint density at radius 2 is 1.74 bits per heavy atom. The number of nitrogen functional groups attached to an aromatic ring is 1. The molecule has 0 aliphatic carbocycles. The maximum absolute atomic E-state index is 14.1. The number of nitrogens with zero attached hydrogens (tertiary/aromatic N) is 5. The van der Waals surface area contributed by atoms with Gasteiger partial charge in [-0.25, -0.2) is 9.59 Å². The van der Waals surface area contributed by atoms with E-state index in [2.05, 4.69) is 59.0 Å². The third kappa shape index (κ3) is 7.40. The van der Waals surface area contributed by atoms with Gasteiger partial charge in [-0.2, -0.15) is 11.3 Å². The number of amides is 3. The van der Waals surface area contributed by atoms with Crippen molar-refractivity contribution in [2.75, 3.05) is 58.6 Å². The van der Waals surface area contributed by atoms with Gasteiger partial charge in [0.15, 0.2) is 0 Å². The van der Waals surface area contributed by atoms with Crippen molar-refractivity contribution in [2.24, 2.45) is 0 Å². The van der Waals surface area contributed by atoms with Crippen LogP contribution in [0.4, 0.5) is 10.5 Å². The van der Waals surface area contributed by atoms with Crippen LogP contribution in [0.1, 0.15) is 43.7 Å². The number of nitrogens with two attached hydrogens (primary N) is 1. The molecule has 3 aromatic rings. The Kier molecular flexibility index (Phi) is 10.6. The fourth-order valence-corrected chi connectivity index (χ4v) is 8.94. The number of aromatic nitrogens is 2. The van der Waals surface area contributed by atoms with E-state index in [1.165, 1.54) is 12.8 Å². The van der Waals surface area contributed by atoms with Gasteiger partial charge < -0.3 is 25.8 Å². The van der Waals surface area contributed by atoms with E-state index >= 15 is 0 Å². The number of nitrogens with one attached hydrogen (secondary N) is 2. The largest absolute Gasteiger partial charge is 0.397 e. The SMILES string of the molecule is CN1CCCCC1N1CCN(C(=O)[C@@H](Cc2cc(Br)c(N)c(Br)c2)NC(=O)N2CCC(n3cc(-c4ccsc4)[nH]c3=O)CC2)CC1. The minimum Gasteiger partial charge on any atom is -0.397 e. The van der Waals surface area contributed by atoms with Gasteiger partial charge >= 0.3 is 11.7 Å². The van der Waals surface area contributed by atoms with Gasteiger partial charge in [0.25, 0.3) is 0 Å². The van der Waals surface area contributed by atoms with E-state index in [9.17, 15) is 14.4 Å². The normalized spacial score (nSPS) is 21.0. The summed E-state index contributed by atoms with van der Waals surface area (Å²) in [5, 5.41) is 7.09. The lowest BCUT2D eigenvalue weighted by Gasteiger charge is -2.45. The Bertz CT molecular complexity index is 1550. The number of piperazine rings is 1. The van der Waals surface area contributed by atoms with Crippen molar-refractivity contribution in [3.63, 3.8) is 0 Å². The molecule has 1 unspecified atom stereocenters. The zero-order valence-corrected chi connectivity index (χ0v) is 30.1. The monoisotopic (exact) mass is 776 g/mol. The topological polar surface area (TPSA) is 123 Å². The summed E-state index contributed by atoms with van der Waals surface area (Å²) in [6.45, 7) is 5.01. The molecule has 11 nitrogen and oxygen atoms in total. The summed E-state index contributed by atoms with van der Waals surface area (Å²) in [6, 6.07) is 4.83. The van der Waals surface area contributed by atoms with Crippen LogP contribution in [0.5, 0.6) is 0 Å². The average molecular weight is 779 g/mol. The number of urea groups is 1. The zero-order chi connectivity index (χ0) is 32.4. The molecule has 248 valence electrons. The Balaban J connectivity index is 1.11. The second-order valence-electron chi connectivity index (χ2n) is 12.6. The maximum atomic E-state index is 14.1. The van der Waals surface area contributed by atoms with Crippen LogP contribution >= 0.6 is 43.2 Å². The van der Waals surface area contributed by atoms with E-state index in [0.717, 1.165) is 51.8 Å². The molecular weight excluding hydrogens is 736 g/mol. The molecule has 4 N–H and O–H groups in total. The van der Waals surface area contributed by atoms with Gasteiger partial charge in [0.05, 0.1) is 17.5 Å². The standard InChI is InChI=1S/C32H42Br2N8O3S/c1-38-8-3-2-4-28(38)39-11-13-40(14-12-39)30(43)26(18-21-16-24(33)29(35)25(34)17-21)36-31(44)41-9-5-23(6-10-41)42-19-27(37-32(42)45)22-7-15-46-20-22/h7,15-17,19-20,23,26,28H,2-6,8-14,18,35H2,1H3,(H,36,44)(H,37,45)/t26-,28?/m1/s1. The molecule has 0 saturated carbocycles. The molecule has 3 aliphatic heterocycles. The molecule has 14 heteroatoms. The second-order valence-corrected chi connectivity index (χ2v) is 15.1. The third-order valence-corrected chi connectivity index (χ3v) is 11.7. The van der Waals surface area contributed by atoms with Crippen LogP contribution in [0.25, 0.3) is 11.3 Å². The summed E-state index contributed by atoms with van der Waals surface area (Å²) in [7, 11) is 2.19. The molecule has 46 heavy (non-hydrogen) atoms. The lowest BCUT2D eigenvalue weighted by molar-refractivity contribution is -0.136. The Hall–Kier alpha value is -2.65. The third-order valence-electron chi connectivity index (χ3n) is 9.68. The highest BCUT2D eigenvalue weighted by Gasteiger charge is 2.34. The lowest BCUT2D eigenvalue weighted by Crippen LogP contribution is -2.60. The van der Waals surface area contributed by atoms with Crippen LogP contribution in [-0.2, 0) is 11.2 Å². The molecule has 3 fully saturated rings. The summed E-state index contributed by atoms with van der Waals surface area (Å²) < 4.78 is 3.24. The summed E-state index contributed by atoms with van der Waals surface area (Å²) in [5.74, 6) is -0.0659. The Morgan fingerprint density at radius 3 is 2.39 bits per heavy atom. The Labute approximate surface area is 290 Å². The average Bonchev–Trinajstić information content (AvgIpc) is 3.73. The number of imidazole rings is 1. The van der Waals surface area contributed by atoms with Gasteiger partial charge in [-0.05, 0) is 107 Å². The maximum Gasteiger partial charge on any atom is 0.326 e. The molecule has 2 atom stereocenters. The number of carbonyl (C=O) groups is 2. The number of hydrogen-bond acceptors (Lipinski definition) is 7. The number of hydrogen-bond donors (Lipinski definition) is 3. The van der Waals surface area contributed by atoms with Gasteiger partial charge in [0.2, 0.25) is 5.91 Å². The number of carbonyl (C=O) groups excluding carboxylic acids is 2. The molecule has 0 radical (unpaired) electrons. The van der Waals surface area contributed by atoms with E-state index in [0.29, 0.717) is 57.3 Å². The van der Waals surface area contributed by atoms with Crippen molar-refractivity contribution in [3.05, 3.63) is 60.1 Å². The quantitative estimate of drug-likeness (QED) is 0.303. The van der Waals surface area contributed by atoms with Crippen molar-refractivity contribution in [2.45, 2.75) is 56.8 Å². The first kappa shape index (κ1) is 33.3. The highest BCUT2D eigenvalue weighted by molar-refractivity contribution is 9.11. The smallest absolute Gasteiger partial charge is 0.326 e. The summed E-state index contributed by atoms with van der Waals surface area (Å²) in [6.07, 6.45) is 7.61. The molecule has 0 bridgehead atoms. The highest BCUT2D eigenvalue weighted by Crippen LogP contribution is 2.31. The van der Waals surface area contributed by atoms with Crippen LogP contribution in [0.2, 0.25) is 0 Å². The van der Waals surface area contributed by atoms with Crippen molar-refractivity contribution in [1.82, 2.24) is 34.5 Å². The molecule has 2 aromatic heterocycles. The van der Waals surface area contributed by atoms with E-state index in [1.807, 2.05) is 40.1 Å². The van der Waals surface area contributed by atoms with Gasteiger partial charge in [0, 0.05) is 77.8 Å². The number of anilines is 1. The first-order chi connectivity index (χ1) is 22.2. The first-order valence-electron chi connectivity index (χ1n) is 16.0. The molecular formula is C32H42Br2N8O3S. The predicted molar refractivity (Wildman–Crippen MR) is 189 cm³/mol. The first-order valence-corrected chi connectivity index (χ1v) is 18.6. The van der Waals surface area contributed by atoms with Crippen molar-refractivity contribution in [3.8, 4) is 11.3 Å². The summed E-state index contributed by atoms with van der Waals surface area (Å²) >= 11 is 8.64. The number of benzene rings is 1. The number of rotatable bonds is 7. The summed E-state index contributed by atoms with van der Waals surface area (Å²) in [4.78, 5) is 52.0. The number of piperidine rings is 2. The van der Waals surface area contributed by atoms with Gasteiger partial charge in [-0.1, -0.05) is 0 Å². The molecule has 3 aliphatic rings. The lowest BCUT2D eigenvalue weighted by atomic mass is 10.0. The minimum atomic E-state index is -0.725. The number of H-pyrrole nitrogens is 1. The highest BCUT2D eigenvalue weighted by atomic mass is 79.9. The molecule has 3 amide bonds. The van der Waals surface area contributed by atoms with Gasteiger partial charge in [-0.3, -0.25) is 19.2 Å². The number of thiophene rings is 1. The summed E-state index contributed by atoms with van der Waals surface area (Å²) in [5.41, 5.74) is 9.28. The molecule has 5 heterocycles. The van der Waals surface area contributed by atoms with Crippen molar-refractivity contribution < 1.29 is 9.59 Å². The van der Waals surface area contributed by atoms with Crippen molar-refractivity contribution >= 4 is 60.8 Å². The van der Waals surface area contributed by atoms with Crippen LogP contribution in [0.3, 0.4) is 0 Å². The number of likely N-dealkylation sites (tertiary alicyclic amines) is 2. The fourth-order valence-electron chi connectivity index (χ4n) is 7.00. The molecule has 6 rings (SSSR count). The van der Waals surface area contributed by atoms with E-state index in [4.69, 9.17) is 5.73 Å². The van der Waals surface area contributed by atoms with Crippen LogP contribution in [0, 0.1) is 0 Å².